The van der Waals surface area contributed by atoms with Gasteiger partial charge in [-0.2, -0.15) is 4.39 Å². The van der Waals surface area contributed by atoms with E-state index in [-0.39, 0.29) is 50.4 Å². The van der Waals surface area contributed by atoms with E-state index in [1.807, 2.05) is 20.8 Å². The first-order valence-electron chi connectivity index (χ1n) is 6.39. The van der Waals surface area contributed by atoms with Crippen LogP contribution >= 0.6 is 0 Å². The number of fused-ring (bicyclic) bond motifs is 1. The van der Waals surface area contributed by atoms with E-state index in [9.17, 15) is 4.39 Å². The molecule has 1 fully saturated rings. The van der Waals surface area contributed by atoms with Gasteiger partial charge in [-0.25, -0.2) is 4.98 Å². The van der Waals surface area contributed by atoms with Crippen molar-refractivity contribution in [1.29, 1.82) is 0 Å². The third kappa shape index (κ3) is 3.13. The van der Waals surface area contributed by atoms with Crippen LogP contribution in [0.5, 0.6) is 0 Å². The Morgan fingerprint density at radius 1 is 1.38 bits per heavy atom. The smallest absolute Gasteiger partial charge is 0.226 e. The first-order chi connectivity index (χ1) is 9.37. The number of ether oxygens (including phenoxy) is 2. The van der Waals surface area contributed by atoms with Gasteiger partial charge in [-0.05, 0) is 38.7 Å². The number of aromatic nitrogens is 3. The molecule has 3 heterocycles. The Balaban J connectivity index is 0.00000161. The summed E-state index contributed by atoms with van der Waals surface area (Å²) in [5, 5.41) is 0. The molecule has 1 aliphatic rings. The number of imidazole rings is 1. The van der Waals surface area contributed by atoms with Gasteiger partial charge in [0.15, 0.2) is 5.79 Å². The number of halogens is 1. The molecule has 111 valence electrons. The molecule has 2 aromatic heterocycles. The van der Waals surface area contributed by atoms with Crippen LogP contribution in [0.25, 0.3) is 11.0 Å². The maximum atomic E-state index is 13.6. The van der Waals surface area contributed by atoms with Gasteiger partial charge in [-0.1, -0.05) is 12.1 Å². The molecule has 0 amide bonds. The molecule has 0 saturated carbocycles. The van der Waals surface area contributed by atoms with Crippen LogP contribution in [0.4, 0.5) is 4.39 Å². The number of hydrogen-bond donors (Lipinski definition) is 0. The zero-order valence-corrected chi connectivity index (χ0v) is 15.0. The maximum Gasteiger partial charge on any atom is 0.226 e. The van der Waals surface area contributed by atoms with Crippen LogP contribution in [0.3, 0.4) is 0 Å². The van der Waals surface area contributed by atoms with Crippen molar-refractivity contribution in [3.63, 3.8) is 0 Å². The fourth-order valence-corrected chi connectivity index (χ4v) is 2.44. The van der Waals surface area contributed by atoms with E-state index >= 15 is 0 Å². The summed E-state index contributed by atoms with van der Waals surface area (Å²) in [6, 6.07) is 0. The first kappa shape index (κ1) is 16.8. The third-order valence-electron chi connectivity index (χ3n) is 3.26. The molecule has 2 atom stereocenters. The maximum absolute atomic E-state index is 13.6. The molecule has 0 aromatic carbocycles. The molecular weight excluding hydrogens is 350 g/mol. The van der Waals surface area contributed by atoms with E-state index in [0.717, 1.165) is 5.56 Å². The van der Waals surface area contributed by atoms with Crippen molar-refractivity contribution >= 4 is 11.0 Å². The summed E-state index contributed by atoms with van der Waals surface area (Å²) < 4.78 is 26.7. The molecule has 0 N–H and O–H groups in total. The minimum absolute atomic E-state index is 0. The molecule has 0 bridgehead atoms. The van der Waals surface area contributed by atoms with Crippen LogP contribution in [0.2, 0.25) is 0 Å². The minimum atomic E-state index is -0.675. The molecule has 1 saturated heterocycles. The van der Waals surface area contributed by atoms with Crippen LogP contribution in [0.15, 0.2) is 12.5 Å². The molecule has 0 spiro atoms. The molecule has 0 unspecified atom stereocenters. The average Bonchev–Trinajstić information content (AvgIpc) is 2.87. The second-order valence-electron chi connectivity index (χ2n) is 5.37. The summed E-state index contributed by atoms with van der Waals surface area (Å²) >= 11 is 0. The van der Waals surface area contributed by atoms with Crippen molar-refractivity contribution < 1.29 is 46.6 Å². The van der Waals surface area contributed by atoms with Gasteiger partial charge in [0.05, 0.1) is 5.52 Å². The van der Waals surface area contributed by atoms with E-state index < -0.39 is 11.7 Å². The number of hydrogen-bond acceptors (Lipinski definition) is 4. The molecule has 5 nitrogen and oxygen atoms in total. The van der Waals surface area contributed by atoms with E-state index in [0.29, 0.717) is 5.52 Å². The van der Waals surface area contributed by atoms with Crippen LogP contribution in [-0.4, -0.2) is 32.5 Å². The van der Waals surface area contributed by atoms with Gasteiger partial charge in [0.2, 0.25) is 5.95 Å². The summed E-state index contributed by atoms with van der Waals surface area (Å²) in [7, 11) is 0. The summed E-state index contributed by atoms with van der Waals surface area (Å²) in [5.74, 6) is -1.25. The summed E-state index contributed by atoms with van der Waals surface area (Å²) in [4.78, 5) is 7.73. The van der Waals surface area contributed by atoms with Crippen molar-refractivity contribution in [2.24, 2.45) is 0 Å². The molecule has 3 rings (SSSR count). The second-order valence-corrected chi connectivity index (χ2v) is 5.37. The van der Waals surface area contributed by atoms with E-state index in [1.54, 1.807) is 17.4 Å². The van der Waals surface area contributed by atoms with Gasteiger partial charge in [0.1, 0.15) is 0 Å². The van der Waals surface area contributed by atoms with Crippen molar-refractivity contribution in [1.82, 2.24) is 14.5 Å². The van der Waals surface area contributed by atoms with Crippen molar-refractivity contribution in [3.05, 3.63) is 37.5 Å². The topological polar surface area (TPSA) is 49.2 Å². The molecule has 21 heavy (non-hydrogen) atoms. The Hall–Kier alpha value is -0.556. The van der Waals surface area contributed by atoms with E-state index in [2.05, 4.69) is 16.9 Å². The predicted molar refractivity (Wildman–Crippen MR) is 71.1 cm³/mol. The third-order valence-corrected chi connectivity index (χ3v) is 3.26. The van der Waals surface area contributed by atoms with Crippen LogP contribution in [-0.2, 0) is 42.2 Å². The van der Waals surface area contributed by atoms with Crippen molar-refractivity contribution in [2.75, 3.05) is 0 Å². The number of rotatable bonds is 2. The Labute approximate surface area is 148 Å². The standard InChI is InChI=1S/C14H16FN3O2.Y/c1-8-5-16-13(15)11-12(8)18(7-17-11)6-10-9(2)19-14(3,4)20-10;/h5-7,9-10H,2H2,1,3-4H3;/q-2;/t9-,10+;/m1./s1. The molecular formula is C14H16FN3O2Y-2. The SMILES string of the molecule is [CH2-][C@H]1OC(C)(C)O[C@H]1[CH-]n1cnc2c(F)ncc(C)c21.[Y]. The van der Waals surface area contributed by atoms with Crippen LogP contribution < -0.4 is 0 Å². The van der Waals surface area contributed by atoms with Gasteiger partial charge in [0, 0.05) is 45.0 Å². The Kier molecular flexibility index (Phi) is 4.73. The normalized spacial score (nSPS) is 24.0. The Bertz CT molecular complexity index is 659. The molecule has 1 aliphatic heterocycles. The number of pyridine rings is 1. The van der Waals surface area contributed by atoms with Crippen LogP contribution in [0.1, 0.15) is 19.4 Å². The summed E-state index contributed by atoms with van der Waals surface area (Å²) in [6.45, 7) is 11.2. The Morgan fingerprint density at radius 3 is 2.71 bits per heavy atom. The summed E-state index contributed by atoms with van der Waals surface area (Å²) in [5.41, 5.74) is 1.77. The fourth-order valence-electron chi connectivity index (χ4n) is 2.44. The molecule has 0 aliphatic carbocycles. The summed E-state index contributed by atoms with van der Waals surface area (Å²) in [6.07, 6.45) is 2.39. The number of aryl methyl sites for hydroxylation is 1. The second kappa shape index (κ2) is 5.91. The predicted octanol–water partition coefficient (Wildman–Crippen LogP) is 2.24. The van der Waals surface area contributed by atoms with Gasteiger partial charge in [0.25, 0.3) is 0 Å². The fraction of sp³-hybridized carbons (Fsp3) is 0.429. The zero-order valence-electron chi connectivity index (χ0n) is 12.2. The van der Waals surface area contributed by atoms with Crippen molar-refractivity contribution in [3.8, 4) is 0 Å². The van der Waals surface area contributed by atoms with Gasteiger partial charge in [-0.15, -0.1) is 0 Å². The quantitative estimate of drug-likeness (QED) is 0.604. The van der Waals surface area contributed by atoms with Crippen LogP contribution in [0, 0.1) is 26.3 Å². The van der Waals surface area contributed by atoms with Crippen molar-refractivity contribution in [2.45, 2.75) is 38.8 Å². The van der Waals surface area contributed by atoms with E-state index in [1.165, 1.54) is 6.20 Å². The van der Waals surface area contributed by atoms with Gasteiger partial charge in [-0.3, -0.25) is 0 Å². The Morgan fingerprint density at radius 2 is 2.10 bits per heavy atom. The first-order valence-corrected chi connectivity index (χ1v) is 6.39. The number of nitrogens with zero attached hydrogens (tertiary/aromatic N) is 3. The van der Waals surface area contributed by atoms with Gasteiger partial charge < -0.3 is 25.9 Å². The zero-order chi connectivity index (χ0) is 14.5. The minimum Gasteiger partial charge on any atom is -0.466 e. The molecule has 7 heteroatoms. The largest absolute Gasteiger partial charge is 0.466 e. The monoisotopic (exact) mass is 366 g/mol. The molecule has 1 radical (unpaired) electrons. The van der Waals surface area contributed by atoms with E-state index in [4.69, 9.17) is 9.47 Å². The van der Waals surface area contributed by atoms with Gasteiger partial charge >= 0.3 is 0 Å². The molecule has 2 aromatic rings. The average molecular weight is 366 g/mol.